The second kappa shape index (κ2) is 8.81. The number of amides is 1. The number of carbonyl (C=O) groups is 1. The highest BCUT2D eigenvalue weighted by atomic mass is 16.5. The van der Waals surface area contributed by atoms with Crippen LogP contribution in [0.5, 0.6) is 5.75 Å². The van der Waals surface area contributed by atoms with Crippen molar-refractivity contribution in [3.63, 3.8) is 0 Å². The number of rotatable bonds is 7. The van der Waals surface area contributed by atoms with E-state index in [-0.39, 0.29) is 0 Å². The first kappa shape index (κ1) is 20.4. The monoisotopic (exact) mass is 379 g/mol. The fourth-order valence-corrected chi connectivity index (χ4v) is 4.92. The fraction of sp³-hybridized carbons (Fsp3) is 0.480. The summed E-state index contributed by atoms with van der Waals surface area (Å²) in [6.45, 7) is 7.98. The van der Waals surface area contributed by atoms with Crippen LogP contribution in [0, 0.1) is 17.3 Å². The van der Waals surface area contributed by atoms with Crippen molar-refractivity contribution in [3.05, 3.63) is 54.1 Å². The number of carbonyl (C=O) groups excluding carboxylic acids is 1. The Labute approximate surface area is 169 Å². The van der Waals surface area contributed by atoms with Gasteiger partial charge in [-0.1, -0.05) is 45.0 Å². The van der Waals surface area contributed by atoms with Gasteiger partial charge in [0.15, 0.2) is 0 Å². The van der Waals surface area contributed by atoms with E-state index in [1.807, 2.05) is 42.5 Å². The lowest BCUT2D eigenvalue weighted by atomic mass is 9.67. The molecule has 1 aliphatic carbocycles. The molecule has 3 nitrogen and oxygen atoms in total. The van der Waals surface area contributed by atoms with Gasteiger partial charge in [-0.05, 0) is 84.7 Å². The Bertz CT molecular complexity index is 794. The highest BCUT2D eigenvalue weighted by molar-refractivity contribution is 5.94. The molecule has 2 N–H and O–H groups in total. The molecule has 2 aromatic rings. The second-order valence-electron chi connectivity index (χ2n) is 9.24. The summed E-state index contributed by atoms with van der Waals surface area (Å²) in [5.74, 6) is 2.17. The maximum absolute atomic E-state index is 11.4. The summed E-state index contributed by atoms with van der Waals surface area (Å²) in [5.41, 5.74) is 8.42. The van der Waals surface area contributed by atoms with Gasteiger partial charge in [0.2, 0.25) is 5.91 Å². The van der Waals surface area contributed by atoms with Crippen LogP contribution in [0.25, 0.3) is 11.1 Å². The molecule has 0 saturated heterocycles. The number of hydrogen-bond donors (Lipinski definition) is 1. The number of ether oxygens (including phenoxy) is 1. The predicted molar refractivity (Wildman–Crippen MR) is 115 cm³/mol. The topological polar surface area (TPSA) is 52.3 Å². The molecule has 0 spiro atoms. The summed E-state index contributed by atoms with van der Waals surface area (Å²) in [6.07, 6.45) is 6.43. The van der Waals surface area contributed by atoms with E-state index in [1.165, 1.54) is 25.7 Å². The number of primary amides is 1. The van der Waals surface area contributed by atoms with E-state index >= 15 is 0 Å². The van der Waals surface area contributed by atoms with Gasteiger partial charge < -0.3 is 10.5 Å². The molecule has 150 valence electrons. The molecule has 1 saturated carbocycles. The van der Waals surface area contributed by atoms with Gasteiger partial charge in [-0.2, -0.15) is 0 Å². The zero-order valence-corrected chi connectivity index (χ0v) is 17.4. The lowest BCUT2D eigenvalue weighted by Crippen LogP contribution is -2.27. The Morgan fingerprint density at radius 2 is 1.86 bits per heavy atom. The molecule has 0 heterocycles. The molecule has 1 aliphatic rings. The standard InChI is InChI=1S/C25H33NO2/c1-18-14-19(17-25(2,3)16-18)6-5-13-28-23-11-9-20(10-12-23)21-7-4-8-22(15-21)24(26)27/h4,7-12,15,18-19H,5-6,13-14,16-17H2,1-3H3,(H2,26,27). The second-order valence-corrected chi connectivity index (χ2v) is 9.24. The average Bonchev–Trinajstić information content (AvgIpc) is 2.64. The van der Waals surface area contributed by atoms with E-state index in [1.54, 1.807) is 6.07 Å². The van der Waals surface area contributed by atoms with Gasteiger partial charge in [0.1, 0.15) is 5.75 Å². The van der Waals surface area contributed by atoms with Crippen molar-refractivity contribution in [1.82, 2.24) is 0 Å². The number of benzene rings is 2. The molecule has 1 amide bonds. The van der Waals surface area contributed by atoms with Crippen LogP contribution in [0.1, 0.15) is 63.2 Å². The molecule has 0 bridgehead atoms. The molecule has 0 aliphatic heterocycles. The normalized spacial score (nSPS) is 21.2. The highest BCUT2D eigenvalue weighted by Crippen LogP contribution is 2.43. The third-order valence-corrected chi connectivity index (χ3v) is 5.84. The van der Waals surface area contributed by atoms with Crippen LogP contribution < -0.4 is 10.5 Å². The summed E-state index contributed by atoms with van der Waals surface area (Å²) < 4.78 is 5.95. The summed E-state index contributed by atoms with van der Waals surface area (Å²) in [5, 5.41) is 0. The molecule has 2 aromatic carbocycles. The van der Waals surface area contributed by atoms with Gasteiger partial charge in [0.25, 0.3) is 0 Å². The van der Waals surface area contributed by atoms with Crippen molar-refractivity contribution in [2.75, 3.05) is 6.61 Å². The Kier molecular flexibility index (Phi) is 6.43. The van der Waals surface area contributed by atoms with Crippen LogP contribution in [0.4, 0.5) is 0 Å². The predicted octanol–water partition coefficient (Wildman–Crippen LogP) is 6.07. The van der Waals surface area contributed by atoms with E-state index in [9.17, 15) is 4.79 Å². The molecule has 28 heavy (non-hydrogen) atoms. The minimum atomic E-state index is -0.405. The molecular formula is C25H33NO2. The maximum Gasteiger partial charge on any atom is 0.248 e. The zero-order valence-electron chi connectivity index (χ0n) is 17.4. The molecule has 0 aromatic heterocycles. The van der Waals surface area contributed by atoms with E-state index < -0.39 is 5.91 Å². The molecule has 2 atom stereocenters. The minimum absolute atomic E-state index is 0.405. The first-order chi connectivity index (χ1) is 13.3. The van der Waals surface area contributed by atoms with Gasteiger partial charge in [-0.25, -0.2) is 0 Å². The van der Waals surface area contributed by atoms with Crippen molar-refractivity contribution < 1.29 is 9.53 Å². The van der Waals surface area contributed by atoms with E-state index in [0.717, 1.165) is 41.7 Å². The van der Waals surface area contributed by atoms with E-state index in [0.29, 0.717) is 11.0 Å². The third kappa shape index (κ3) is 5.60. The smallest absolute Gasteiger partial charge is 0.248 e. The maximum atomic E-state index is 11.4. The first-order valence-corrected chi connectivity index (χ1v) is 10.5. The molecule has 0 radical (unpaired) electrons. The average molecular weight is 380 g/mol. The quantitative estimate of drug-likeness (QED) is 0.593. The van der Waals surface area contributed by atoms with Gasteiger partial charge in [-0.15, -0.1) is 0 Å². The van der Waals surface area contributed by atoms with Crippen LogP contribution in [0.15, 0.2) is 48.5 Å². The highest BCUT2D eigenvalue weighted by Gasteiger charge is 2.31. The first-order valence-electron chi connectivity index (χ1n) is 10.5. The fourth-order valence-electron chi connectivity index (χ4n) is 4.92. The minimum Gasteiger partial charge on any atom is -0.494 e. The molecular weight excluding hydrogens is 346 g/mol. The Hall–Kier alpha value is -2.29. The van der Waals surface area contributed by atoms with Crippen molar-refractivity contribution in [2.45, 2.75) is 52.9 Å². The van der Waals surface area contributed by atoms with Crippen LogP contribution in [-0.2, 0) is 0 Å². The van der Waals surface area contributed by atoms with Gasteiger partial charge in [-0.3, -0.25) is 4.79 Å². The van der Waals surface area contributed by atoms with Crippen molar-refractivity contribution in [2.24, 2.45) is 23.0 Å². The van der Waals surface area contributed by atoms with Gasteiger partial charge in [0.05, 0.1) is 6.61 Å². The summed E-state index contributed by atoms with van der Waals surface area (Å²) in [6, 6.07) is 15.4. The molecule has 3 heteroatoms. The largest absolute Gasteiger partial charge is 0.494 e. The summed E-state index contributed by atoms with van der Waals surface area (Å²) in [7, 11) is 0. The Balaban J connectivity index is 1.48. The van der Waals surface area contributed by atoms with Gasteiger partial charge >= 0.3 is 0 Å². The van der Waals surface area contributed by atoms with Crippen LogP contribution in [0.2, 0.25) is 0 Å². The molecule has 3 rings (SSSR count). The van der Waals surface area contributed by atoms with Crippen LogP contribution >= 0.6 is 0 Å². The summed E-state index contributed by atoms with van der Waals surface area (Å²) >= 11 is 0. The third-order valence-electron chi connectivity index (χ3n) is 5.84. The van der Waals surface area contributed by atoms with Crippen molar-refractivity contribution >= 4 is 5.91 Å². The van der Waals surface area contributed by atoms with Gasteiger partial charge in [0, 0.05) is 5.56 Å². The van der Waals surface area contributed by atoms with E-state index in [4.69, 9.17) is 10.5 Å². The SMILES string of the molecule is CC1CC(CCCOc2ccc(-c3cccc(C(N)=O)c3)cc2)CC(C)(C)C1. The number of hydrogen-bond acceptors (Lipinski definition) is 2. The lowest BCUT2D eigenvalue weighted by Gasteiger charge is -2.39. The van der Waals surface area contributed by atoms with Crippen LogP contribution in [0.3, 0.4) is 0 Å². The molecule has 1 fully saturated rings. The zero-order chi connectivity index (χ0) is 20.1. The van der Waals surface area contributed by atoms with Crippen molar-refractivity contribution in [3.8, 4) is 16.9 Å². The molecule has 2 unspecified atom stereocenters. The summed E-state index contributed by atoms with van der Waals surface area (Å²) in [4.78, 5) is 11.4. The Morgan fingerprint density at radius 1 is 1.11 bits per heavy atom. The van der Waals surface area contributed by atoms with Crippen molar-refractivity contribution in [1.29, 1.82) is 0 Å². The van der Waals surface area contributed by atoms with Crippen LogP contribution in [-0.4, -0.2) is 12.5 Å². The Morgan fingerprint density at radius 3 is 2.54 bits per heavy atom. The lowest BCUT2D eigenvalue weighted by molar-refractivity contribution is 0.1000. The number of nitrogens with two attached hydrogens (primary N) is 1. The van der Waals surface area contributed by atoms with E-state index in [2.05, 4.69) is 20.8 Å².